The van der Waals surface area contributed by atoms with Crippen molar-refractivity contribution in [2.75, 3.05) is 19.7 Å². The lowest BCUT2D eigenvalue weighted by atomic mass is 10.0. The molecule has 1 aliphatic rings. The van der Waals surface area contributed by atoms with Gasteiger partial charge in [0, 0.05) is 25.7 Å². The summed E-state index contributed by atoms with van der Waals surface area (Å²) in [6.45, 7) is 5.51. The molecule has 4 heteroatoms. The summed E-state index contributed by atoms with van der Waals surface area (Å²) in [5, 5.41) is 3.15. The lowest BCUT2D eigenvalue weighted by molar-refractivity contribution is -0.122. The van der Waals surface area contributed by atoms with Gasteiger partial charge in [0.05, 0.1) is 13.0 Å². The van der Waals surface area contributed by atoms with E-state index in [0.717, 1.165) is 38.2 Å². The van der Waals surface area contributed by atoms with Gasteiger partial charge in [-0.15, -0.1) is 0 Å². The predicted octanol–water partition coefficient (Wildman–Crippen LogP) is 3.54. The number of amides is 1. The first kappa shape index (κ1) is 18.5. The van der Waals surface area contributed by atoms with Crippen molar-refractivity contribution in [2.45, 2.75) is 38.8 Å². The summed E-state index contributed by atoms with van der Waals surface area (Å²) in [7, 11) is 0. The Bertz CT molecular complexity index is 677. The summed E-state index contributed by atoms with van der Waals surface area (Å²) in [5.74, 6) is 0.899. The van der Waals surface area contributed by atoms with E-state index < -0.39 is 0 Å². The van der Waals surface area contributed by atoms with E-state index in [4.69, 9.17) is 4.74 Å². The summed E-state index contributed by atoms with van der Waals surface area (Å²) in [5.41, 5.74) is 2.55. The summed E-state index contributed by atoms with van der Waals surface area (Å²) < 4.78 is 5.64. The van der Waals surface area contributed by atoms with Gasteiger partial charge in [0.2, 0.25) is 5.91 Å². The minimum Gasteiger partial charge on any atom is -0.493 e. The smallest absolute Gasteiger partial charge is 0.223 e. The van der Waals surface area contributed by atoms with Crippen LogP contribution in [-0.2, 0) is 11.3 Å². The van der Waals surface area contributed by atoms with Crippen LogP contribution in [0.5, 0.6) is 5.75 Å². The van der Waals surface area contributed by atoms with Crippen LogP contribution in [0.1, 0.15) is 30.4 Å². The lowest BCUT2D eigenvalue weighted by Gasteiger charge is -2.32. The Kier molecular flexibility index (Phi) is 6.67. The average molecular weight is 352 g/mol. The molecule has 0 spiro atoms. The Labute approximate surface area is 156 Å². The van der Waals surface area contributed by atoms with Gasteiger partial charge >= 0.3 is 0 Å². The predicted molar refractivity (Wildman–Crippen MR) is 104 cm³/mol. The number of likely N-dealkylation sites (tertiary alicyclic amines) is 1. The molecule has 4 nitrogen and oxygen atoms in total. The monoisotopic (exact) mass is 352 g/mol. The number of hydrogen-bond donors (Lipinski definition) is 1. The number of rotatable bonds is 7. The molecule has 0 bridgehead atoms. The van der Waals surface area contributed by atoms with E-state index in [1.54, 1.807) is 0 Å². The second kappa shape index (κ2) is 9.39. The van der Waals surface area contributed by atoms with Gasteiger partial charge in [-0.2, -0.15) is 0 Å². The van der Waals surface area contributed by atoms with Crippen LogP contribution < -0.4 is 10.1 Å². The largest absolute Gasteiger partial charge is 0.493 e. The number of nitrogens with one attached hydrogen (secondary N) is 1. The van der Waals surface area contributed by atoms with Crippen molar-refractivity contribution in [3.8, 4) is 5.75 Å². The van der Waals surface area contributed by atoms with Crippen molar-refractivity contribution >= 4 is 5.91 Å². The van der Waals surface area contributed by atoms with Gasteiger partial charge in [0.15, 0.2) is 0 Å². The van der Waals surface area contributed by atoms with Crippen molar-refractivity contribution in [1.82, 2.24) is 10.2 Å². The number of hydrogen-bond acceptors (Lipinski definition) is 3. The second-order valence-corrected chi connectivity index (χ2v) is 7.02. The Hall–Kier alpha value is -2.33. The first-order valence-corrected chi connectivity index (χ1v) is 9.44. The van der Waals surface area contributed by atoms with Crippen molar-refractivity contribution < 1.29 is 9.53 Å². The molecule has 2 aromatic carbocycles. The highest BCUT2D eigenvalue weighted by Crippen LogP contribution is 2.14. The number of nitrogens with zero attached hydrogens (tertiary/aromatic N) is 1. The zero-order valence-electron chi connectivity index (χ0n) is 15.5. The van der Waals surface area contributed by atoms with Crippen LogP contribution in [0.2, 0.25) is 0 Å². The van der Waals surface area contributed by atoms with E-state index in [2.05, 4.69) is 34.5 Å². The van der Waals surface area contributed by atoms with Crippen LogP contribution in [0.15, 0.2) is 54.6 Å². The molecular weight excluding hydrogens is 324 g/mol. The number of piperidine rings is 1. The fourth-order valence-electron chi connectivity index (χ4n) is 3.27. The highest BCUT2D eigenvalue weighted by Gasteiger charge is 2.20. The molecule has 1 aliphatic heterocycles. The third-order valence-corrected chi connectivity index (χ3v) is 4.82. The standard InChI is InChI=1S/C22H28N2O2/c1-18-7-9-21(10-8-18)26-16-13-22(25)23-20-11-14-24(15-12-20)17-19-5-3-2-4-6-19/h2-10,20H,11-17H2,1H3,(H,23,25). The molecule has 0 aliphatic carbocycles. The van der Waals surface area contributed by atoms with Crippen LogP contribution in [0.3, 0.4) is 0 Å². The number of carbonyl (C=O) groups excluding carboxylic acids is 1. The van der Waals surface area contributed by atoms with E-state index in [1.807, 2.05) is 37.3 Å². The number of carbonyl (C=O) groups is 1. The van der Waals surface area contributed by atoms with Crippen LogP contribution in [0.4, 0.5) is 0 Å². The lowest BCUT2D eigenvalue weighted by Crippen LogP contribution is -2.44. The van der Waals surface area contributed by atoms with E-state index in [0.29, 0.717) is 13.0 Å². The first-order valence-electron chi connectivity index (χ1n) is 9.44. The molecule has 1 fully saturated rings. The molecule has 0 saturated carbocycles. The maximum Gasteiger partial charge on any atom is 0.223 e. The first-order chi connectivity index (χ1) is 12.7. The van der Waals surface area contributed by atoms with Gasteiger partial charge in [-0.25, -0.2) is 0 Å². The summed E-state index contributed by atoms with van der Waals surface area (Å²) in [4.78, 5) is 14.6. The highest BCUT2D eigenvalue weighted by molar-refractivity contribution is 5.76. The second-order valence-electron chi connectivity index (χ2n) is 7.02. The molecule has 1 saturated heterocycles. The van der Waals surface area contributed by atoms with Crippen molar-refractivity contribution in [2.24, 2.45) is 0 Å². The fraction of sp³-hybridized carbons (Fsp3) is 0.409. The molecule has 138 valence electrons. The maximum absolute atomic E-state index is 12.1. The molecule has 1 heterocycles. The van der Waals surface area contributed by atoms with Gasteiger partial charge in [-0.05, 0) is 37.5 Å². The number of benzene rings is 2. The summed E-state index contributed by atoms with van der Waals surface area (Å²) in [6, 6.07) is 18.7. The molecule has 3 rings (SSSR count). The van der Waals surface area contributed by atoms with Crippen LogP contribution in [-0.4, -0.2) is 36.5 Å². The third kappa shape index (κ3) is 5.88. The quantitative estimate of drug-likeness (QED) is 0.829. The van der Waals surface area contributed by atoms with Crippen molar-refractivity contribution in [3.05, 3.63) is 65.7 Å². The summed E-state index contributed by atoms with van der Waals surface area (Å²) >= 11 is 0. The Morgan fingerprint density at radius 3 is 2.46 bits per heavy atom. The van der Waals surface area contributed by atoms with Crippen LogP contribution in [0, 0.1) is 6.92 Å². The van der Waals surface area contributed by atoms with Crippen molar-refractivity contribution in [3.63, 3.8) is 0 Å². The Morgan fingerprint density at radius 2 is 1.77 bits per heavy atom. The van der Waals surface area contributed by atoms with Gasteiger partial charge < -0.3 is 10.1 Å². The SMILES string of the molecule is Cc1ccc(OCCC(=O)NC2CCN(Cc3ccccc3)CC2)cc1. The molecule has 0 unspecified atom stereocenters. The zero-order valence-corrected chi connectivity index (χ0v) is 15.5. The van der Waals surface area contributed by atoms with Gasteiger partial charge in [0.25, 0.3) is 0 Å². The maximum atomic E-state index is 12.1. The minimum atomic E-state index is 0.0821. The molecule has 1 N–H and O–H groups in total. The van der Waals surface area contributed by atoms with E-state index in [1.165, 1.54) is 11.1 Å². The summed E-state index contributed by atoms with van der Waals surface area (Å²) in [6.07, 6.45) is 2.42. The molecule has 0 aromatic heterocycles. The molecule has 26 heavy (non-hydrogen) atoms. The van der Waals surface area contributed by atoms with Crippen LogP contribution in [0.25, 0.3) is 0 Å². The topological polar surface area (TPSA) is 41.6 Å². The van der Waals surface area contributed by atoms with Gasteiger partial charge in [0.1, 0.15) is 5.75 Å². The minimum absolute atomic E-state index is 0.0821. The number of aryl methyl sites for hydroxylation is 1. The van der Waals surface area contributed by atoms with Gasteiger partial charge in [-0.1, -0.05) is 48.0 Å². The zero-order chi connectivity index (χ0) is 18.2. The Morgan fingerprint density at radius 1 is 1.08 bits per heavy atom. The van der Waals surface area contributed by atoms with Crippen LogP contribution >= 0.6 is 0 Å². The fourth-order valence-corrected chi connectivity index (χ4v) is 3.27. The molecule has 0 radical (unpaired) electrons. The molecule has 1 amide bonds. The third-order valence-electron chi connectivity index (χ3n) is 4.82. The average Bonchev–Trinajstić information content (AvgIpc) is 2.66. The van der Waals surface area contributed by atoms with Crippen molar-refractivity contribution in [1.29, 1.82) is 0 Å². The number of ether oxygens (including phenoxy) is 1. The van der Waals surface area contributed by atoms with E-state index in [9.17, 15) is 4.79 Å². The molecular formula is C22H28N2O2. The molecule has 0 atom stereocenters. The van der Waals surface area contributed by atoms with E-state index in [-0.39, 0.29) is 11.9 Å². The highest BCUT2D eigenvalue weighted by atomic mass is 16.5. The Balaban J connectivity index is 1.32. The van der Waals surface area contributed by atoms with E-state index >= 15 is 0 Å². The van der Waals surface area contributed by atoms with Gasteiger partial charge in [-0.3, -0.25) is 9.69 Å². The molecule has 2 aromatic rings. The normalized spacial score (nSPS) is 15.6.